The van der Waals surface area contributed by atoms with Crippen LogP contribution in [0.3, 0.4) is 0 Å². The molecule has 0 saturated carbocycles. The minimum atomic E-state index is -0.941. The summed E-state index contributed by atoms with van der Waals surface area (Å²) in [5.74, 6) is -1.28. The normalized spacial score (nSPS) is 18.6. The molecule has 1 atom stereocenters. The third-order valence-corrected chi connectivity index (χ3v) is 4.21. The van der Waals surface area contributed by atoms with Crippen LogP contribution in [-0.4, -0.2) is 41.8 Å². The molecule has 1 N–H and O–H groups in total. The van der Waals surface area contributed by atoms with Crippen molar-refractivity contribution >= 4 is 17.6 Å². The first-order valence-corrected chi connectivity index (χ1v) is 7.37. The quantitative estimate of drug-likeness (QED) is 0.907. The van der Waals surface area contributed by atoms with Gasteiger partial charge in [-0.25, -0.2) is 9.18 Å². The molecule has 0 aromatic heterocycles. The largest absolute Gasteiger partial charge is 0.480 e. The fourth-order valence-electron chi connectivity index (χ4n) is 2.66. The van der Waals surface area contributed by atoms with Crippen LogP contribution in [0.4, 0.5) is 4.39 Å². The van der Waals surface area contributed by atoms with Gasteiger partial charge in [0.15, 0.2) is 0 Å². The number of carboxylic acid groups (broad SMARTS) is 1. The average Bonchev–Trinajstić information content (AvgIpc) is 2.45. The molecule has 1 unspecified atom stereocenters. The number of piperidine rings is 1. The Labute approximate surface area is 128 Å². The van der Waals surface area contributed by atoms with Crippen molar-refractivity contribution in [2.75, 3.05) is 19.7 Å². The van der Waals surface area contributed by atoms with E-state index in [1.165, 1.54) is 12.1 Å². The van der Waals surface area contributed by atoms with Crippen molar-refractivity contribution in [1.82, 2.24) is 4.90 Å². The number of ether oxygens (including phenoxy) is 1. The summed E-state index contributed by atoms with van der Waals surface area (Å²) in [6, 6.07) is 4.56. The predicted octanol–water partition coefficient (Wildman–Crippen LogP) is 3.11. The molecule has 1 aliphatic rings. The van der Waals surface area contributed by atoms with Crippen molar-refractivity contribution < 1.29 is 19.0 Å². The van der Waals surface area contributed by atoms with E-state index in [0.717, 1.165) is 31.5 Å². The van der Waals surface area contributed by atoms with Gasteiger partial charge in [-0.15, -0.1) is 0 Å². The van der Waals surface area contributed by atoms with Gasteiger partial charge >= 0.3 is 5.97 Å². The van der Waals surface area contributed by atoms with E-state index in [1.807, 2.05) is 6.92 Å². The molecule has 0 amide bonds. The number of hydrogen-bond acceptors (Lipinski definition) is 3. The van der Waals surface area contributed by atoms with Crippen LogP contribution in [0.2, 0.25) is 5.02 Å². The third kappa shape index (κ3) is 4.40. The van der Waals surface area contributed by atoms with E-state index in [4.69, 9.17) is 21.4 Å². The van der Waals surface area contributed by atoms with Gasteiger partial charge < -0.3 is 9.84 Å². The molecule has 1 saturated heterocycles. The minimum Gasteiger partial charge on any atom is -0.480 e. The molecule has 6 heteroatoms. The van der Waals surface area contributed by atoms with Gasteiger partial charge in [-0.2, -0.15) is 0 Å². The highest BCUT2D eigenvalue weighted by atomic mass is 35.5. The van der Waals surface area contributed by atoms with Gasteiger partial charge in [0.1, 0.15) is 12.4 Å². The van der Waals surface area contributed by atoms with E-state index in [2.05, 4.69) is 4.90 Å². The zero-order valence-corrected chi connectivity index (χ0v) is 12.6. The summed E-state index contributed by atoms with van der Waals surface area (Å²) in [6.45, 7) is 3.40. The van der Waals surface area contributed by atoms with Gasteiger partial charge in [-0.1, -0.05) is 17.7 Å². The average molecular weight is 316 g/mol. The second-order valence-corrected chi connectivity index (χ2v) is 5.69. The highest BCUT2D eigenvalue weighted by molar-refractivity contribution is 6.31. The molecule has 0 bridgehead atoms. The molecule has 0 radical (unpaired) electrons. The van der Waals surface area contributed by atoms with E-state index in [0.29, 0.717) is 5.02 Å². The van der Waals surface area contributed by atoms with Crippen LogP contribution in [0.25, 0.3) is 0 Å². The lowest BCUT2D eigenvalue weighted by molar-refractivity contribution is -0.145. The Hall–Kier alpha value is -1.17. The number of carboxylic acids is 1. The lowest BCUT2D eigenvalue weighted by Gasteiger charge is -2.36. The Morgan fingerprint density at radius 2 is 2.19 bits per heavy atom. The first-order chi connectivity index (χ1) is 9.97. The van der Waals surface area contributed by atoms with Gasteiger partial charge in [-0.3, -0.25) is 4.90 Å². The number of rotatable bonds is 5. The molecule has 1 fully saturated rings. The standard InChI is InChI=1S/C15H19ClFNO3/c1-10(13-3-2-11(17)8-14(13)16)18-6-4-12(5-7-18)21-9-15(19)20/h2-3,8,10,12H,4-7,9H2,1H3,(H,19,20). The van der Waals surface area contributed by atoms with Crippen molar-refractivity contribution in [3.8, 4) is 0 Å². The SMILES string of the molecule is CC(c1ccc(F)cc1Cl)N1CCC(OCC(=O)O)CC1. The molecule has 1 aliphatic heterocycles. The molecule has 2 rings (SSSR count). The van der Waals surface area contributed by atoms with Gasteiger partial charge in [0, 0.05) is 24.2 Å². The predicted molar refractivity (Wildman–Crippen MR) is 78.0 cm³/mol. The smallest absolute Gasteiger partial charge is 0.329 e. The first kappa shape index (κ1) is 16.2. The van der Waals surface area contributed by atoms with Crippen molar-refractivity contribution in [2.45, 2.75) is 31.9 Å². The third-order valence-electron chi connectivity index (χ3n) is 3.88. The molecule has 0 aliphatic carbocycles. The van der Waals surface area contributed by atoms with Gasteiger partial charge in [-0.05, 0) is 37.5 Å². The topological polar surface area (TPSA) is 49.8 Å². The number of benzene rings is 1. The second kappa shape index (κ2) is 7.20. The second-order valence-electron chi connectivity index (χ2n) is 5.28. The maximum Gasteiger partial charge on any atom is 0.329 e. The zero-order chi connectivity index (χ0) is 15.4. The summed E-state index contributed by atoms with van der Waals surface area (Å²) in [6.07, 6.45) is 1.57. The number of hydrogen-bond donors (Lipinski definition) is 1. The number of likely N-dealkylation sites (tertiary alicyclic amines) is 1. The maximum atomic E-state index is 13.1. The highest BCUT2D eigenvalue weighted by Gasteiger charge is 2.25. The Morgan fingerprint density at radius 3 is 2.76 bits per heavy atom. The number of halogens is 2. The van der Waals surface area contributed by atoms with Crippen LogP contribution in [0, 0.1) is 5.82 Å². The summed E-state index contributed by atoms with van der Waals surface area (Å²) < 4.78 is 18.4. The molecule has 116 valence electrons. The van der Waals surface area contributed by atoms with Crippen LogP contribution in [-0.2, 0) is 9.53 Å². The lowest BCUT2D eigenvalue weighted by Crippen LogP contribution is -2.39. The van der Waals surface area contributed by atoms with Gasteiger partial charge in [0.05, 0.1) is 6.10 Å². The zero-order valence-electron chi connectivity index (χ0n) is 11.9. The number of aliphatic carboxylic acids is 1. The Bertz CT molecular complexity index is 504. The fraction of sp³-hybridized carbons (Fsp3) is 0.533. The Morgan fingerprint density at radius 1 is 1.52 bits per heavy atom. The van der Waals surface area contributed by atoms with Crippen LogP contribution in [0.5, 0.6) is 0 Å². The molecule has 1 aromatic rings. The Balaban J connectivity index is 1.90. The van der Waals surface area contributed by atoms with Crippen LogP contribution in [0.1, 0.15) is 31.4 Å². The van der Waals surface area contributed by atoms with E-state index in [9.17, 15) is 9.18 Å². The molecule has 0 spiro atoms. The van der Waals surface area contributed by atoms with Crippen LogP contribution in [0.15, 0.2) is 18.2 Å². The Kier molecular flexibility index (Phi) is 5.56. The lowest BCUT2D eigenvalue weighted by atomic mass is 10.0. The fourth-order valence-corrected chi connectivity index (χ4v) is 2.98. The maximum absolute atomic E-state index is 13.1. The summed E-state index contributed by atoms with van der Waals surface area (Å²) in [5.41, 5.74) is 0.906. The monoisotopic (exact) mass is 315 g/mol. The van der Waals surface area contributed by atoms with Crippen LogP contribution < -0.4 is 0 Å². The number of nitrogens with zero attached hydrogens (tertiary/aromatic N) is 1. The van der Waals surface area contributed by atoms with Crippen LogP contribution >= 0.6 is 11.6 Å². The number of carbonyl (C=O) groups is 1. The molecule has 21 heavy (non-hydrogen) atoms. The van der Waals surface area contributed by atoms with Gasteiger partial charge in [0.2, 0.25) is 0 Å². The molecule has 1 heterocycles. The summed E-state index contributed by atoms with van der Waals surface area (Å²) in [4.78, 5) is 12.7. The van der Waals surface area contributed by atoms with Crippen molar-refractivity contribution in [3.05, 3.63) is 34.6 Å². The highest BCUT2D eigenvalue weighted by Crippen LogP contribution is 2.30. The molecular formula is C15H19ClFNO3. The van der Waals surface area contributed by atoms with E-state index in [1.54, 1.807) is 6.07 Å². The molecule has 1 aromatic carbocycles. The first-order valence-electron chi connectivity index (χ1n) is 6.99. The molecular weight excluding hydrogens is 297 g/mol. The van der Waals surface area contributed by atoms with Crippen molar-refractivity contribution in [1.29, 1.82) is 0 Å². The van der Waals surface area contributed by atoms with E-state index >= 15 is 0 Å². The summed E-state index contributed by atoms with van der Waals surface area (Å²) in [5, 5.41) is 9.04. The molecule has 4 nitrogen and oxygen atoms in total. The van der Waals surface area contributed by atoms with Crippen molar-refractivity contribution in [3.63, 3.8) is 0 Å². The summed E-state index contributed by atoms with van der Waals surface area (Å²) >= 11 is 6.10. The van der Waals surface area contributed by atoms with Gasteiger partial charge in [0.25, 0.3) is 0 Å². The minimum absolute atomic E-state index is 0.00626. The summed E-state index contributed by atoms with van der Waals surface area (Å²) in [7, 11) is 0. The van der Waals surface area contributed by atoms with E-state index < -0.39 is 5.97 Å². The van der Waals surface area contributed by atoms with Crippen molar-refractivity contribution in [2.24, 2.45) is 0 Å². The van der Waals surface area contributed by atoms with E-state index in [-0.39, 0.29) is 24.6 Å².